The zero-order chi connectivity index (χ0) is 14.0. The van der Waals surface area contributed by atoms with Gasteiger partial charge in [-0.1, -0.05) is 6.92 Å². The van der Waals surface area contributed by atoms with E-state index in [0.717, 1.165) is 25.8 Å². The summed E-state index contributed by atoms with van der Waals surface area (Å²) in [7, 11) is 1.71. The third-order valence-corrected chi connectivity index (χ3v) is 3.57. The maximum absolute atomic E-state index is 11.3. The summed E-state index contributed by atoms with van der Waals surface area (Å²) >= 11 is 0. The molecule has 2 rings (SSSR count). The Morgan fingerprint density at radius 2 is 2.26 bits per heavy atom. The number of hydrogen-bond acceptors (Lipinski definition) is 6. The van der Waals surface area contributed by atoms with Crippen LogP contribution >= 0.6 is 0 Å². The molecule has 0 spiro atoms. The zero-order valence-corrected chi connectivity index (χ0v) is 11.5. The minimum absolute atomic E-state index is 0.0272. The highest BCUT2D eigenvalue weighted by Crippen LogP contribution is 2.35. The van der Waals surface area contributed by atoms with E-state index in [9.17, 15) is 10.1 Å². The van der Waals surface area contributed by atoms with Crippen molar-refractivity contribution in [3.8, 4) is 0 Å². The highest BCUT2D eigenvalue weighted by Gasteiger charge is 2.32. The van der Waals surface area contributed by atoms with E-state index in [-0.39, 0.29) is 10.6 Å². The first kappa shape index (κ1) is 13.5. The van der Waals surface area contributed by atoms with Gasteiger partial charge in [0.05, 0.1) is 4.92 Å². The Labute approximate surface area is 112 Å². The van der Waals surface area contributed by atoms with E-state index in [1.807, 2.05) is 4.90 Å². The predicted octanol–water partition coefficient (Wildman–Crippen LogP) is 2.11. The van der Waals surface area contributed by atoms with Crippen molar-refractivity contribution in [1.29, 1.82) is 0 Å². The van der Waals surface area contributed by atoms with Crippen molar-refractivity contribution < 1.29 is 4.92 Å². The van der Waals surface area contributed by atoms with Gasteiger partial charge in [0.2, 0.25) is 11.8 Å². The molecular formula is C12H19N5O2. The number of hydrogen-bond donors (Lipinski definition) is 1. The molecule has 1 aromatic rings. The van der Waals surface area contributed by atoms with Crippen molar-refractivity contribution in [1.82, 2.24) is 9.97 Å². The Kier molecular flexibility index (Phi) is 3.82. The van der Waals surface area contributed by atoms with Crippen LogP contribution in [0.25, 0.3) is 0 Å². The van der Waals surface area contributed by atoms with E-state index in [0.29, 0.717) is 23.5 Å². The first-order chi connectivity index (χ1) is 9.08. The van der Waals surface area contributed by atoms with Crippen molar-refractivity contribution in [3.05, 3.63) is 15.8 Å². The Balaban J connectivity index is 2.52. The van der Waals surface area contributed by atoms with Crippen molar-refractivity contribution in [2.24, 2.45) is 0 Å². The van der Waals surface area contributed by atoms with E-state index in [1.54, 1.807) is 14.0 Å². The molecule has 1 aliphatic heterocycles. The summed E-state index contributed by atoms with van der Waals surface area (Å²) in [5.41, 5.74) is 0.431. The minimum Gasteiger partial charge on any atom is -0.357 e. The lowest BCUT2D eigenvalue weighted by atomic mass is 10.1. The van der Waals surface area contributed by atoms with Crippen LogP contribution in [0.15, 0.2) is 0 Å². The largest absolute Gasteiger partial charge is 0.357 e. The van der Waals surface area contributed by atoms with Gasteiger partial charge in [-0.25, -0.2) is 4.98 Å². The fourth-order valence-corrected chi connectivity index (χ4v) is 2.62. The average Bonchev–Trinajstić information content (AvgIpc) is 2.85. The first-order valence-electron chi connectivity index (χ1n) is 6.55. The van der Waals surface area contributed by atoms with Crippen LogP contribution in [-0.2, 0) is 0 Å². The van der Waals surface area contributed by atoms with E-state index in [4.69, 9.17) is 0 Å². The molecule has 1 saturated heterocycles. The van der Waals surface area contributed by atoms with Crippen molar-refractivity contribution >= 4 is 17.5 Å². The van der Waals surface area contributed by atoms with Gasteiger partial charge in [0.15, 0.2) is 0 Å². The van der Waals surface area contributed by atoms with Gasteiger partial charge in [0.25, 0.3) is 0 Å². The van der Waals surface area contributed by atoms with Crippen LogP contribution in [0, 0.1) is 17.0 Å². The monoisotopic (exact) mass is 265 g/mol. The molecule has 0 radical (unpaired) electrons. The molecule has 2 heterocycles. The average molecular weight is 265 g/mol. The van der Waals surface area contributed by atoms with Gasteiger partial charge in [0.1, 0.15) is 5.69 Å². The molecule has 7 nitrogen and oxygen atoms in total. The van der Waals surface area contributed by atoms with E-state index < -0.39 is 0 Å². The maximum Gasteiger partial charge on any atom is 0.332 e. The lowest BCUT2D eigenvalue weighted by molar-refractivity contribution is -0.385. The standard InChI is InChI=1S/C12H19N5O2/c1-4-9-6-5-7-16(9)11-10(17(18)19)8(2)14-12(13-3)15-11/h9H,4-7H2,1-3H3,(H,13,14,15). The van der Waals surface area contributed by atoms with Crippen LogP contribution in [0.2, 0.25) is 0 Å². The molecule has 19 heavy (non-hydrogen) atoms. The molecule has 7 heteroatoms. The molecule has 0 amide bonds. The van der Waals surface area contributed by atoms with Gasteiger partial charge in [-0.2, -0.15) is 4.98 Å². The molecule has 1 aromatic heterocycles. The summed E-state index contributed by atoms with van der Waals surface area (Å²) in [4.78, 5) is 21.4. The molecule has 0 bridgehead atoms. The van der Waals surface area contributed by atoms with Crippen molar-refractivity contribution in [2.45, 2.75) is 39.2 Å². The van der Waals surface area contributed by atoms with Gasteiger partial charge in [-0.05, 0) is 26.2 Å². The topological polar surface area (TPSA) is 84.2 Å². The number of nitrogens with one attached hydrogen (secondary N) is 1. The molecule has 0 aromatic carbocycles. The van der Waals surface area contributed by atoms with Crippen molar-refractivity contribution in [2.75, 3.05) is 23.8 Å². The molecule has 0 saturated carbocycles. The number of aromatic nitrogens is 2. The Morgan fingerprint density at radius 3 is 2.84 bits per heavy atom. The van der Waals surface area contributed by atoms with E-state index in [2.05, 4.69) is 22.2 Å². The number of rotatable bonds is 4. The summed E-state index contributed by atoms with van der Waals surface area (Å²) in [5.74, 6) is 0.881. The fraction of sp³-hybridized carbons (Fsp3) is 0.667. The third-order valence-electron chi connectivity index (χ3n) is 3.57. The number of anilines is 2. The van der Waals surface area contributed by atoms with Gasteiger partial charge in [-0.15, -0.1) is 0 Å². The van der Waals surface area contributed by atoms with Crippen LogP contribution in [0.1, 0.15) is 31.9 Å². The van der Waals surface area contributed by atoms with Crippen LogP contribution in [0.3, 0.4) is 0 Å². The summed E-state index contributed by atoms with van der Waals surface area (Å²) < 4.78 is 0. The molecule has 104 valence electrons. The smallest absolute Gasteiger partial charge is 0.332 e. The van der Waals surface area contributed by atoms with Gasteiger partial charge in [-0.3, -0.25) is 10.1 Å². The first-order valence-corrected chi connectivity index (χ1v) is 6.55. The molecule has 0 aliphatic carbocycles. The molecule has 1 aliphatic rings. The summed E-state index contributed by atoms with van der Waals surface area (Å²) in [6, 6.07) is 0.331. The van der Waals surface area contributed by atoms with Crippen LogP contribution in [0.4, 0.5) is 17.5 Å². The van der Waals surface area contributed by atoms with E-state index in [1.165, 1.54) is 0 Å². The molecule has 1 atom stereocenters. The molecular weight excluding hydrogens is 246 g/mol. The predicted molar refractivity (Wildman–Crippen MR) is 73.6 cm³/mol. The lowest BCUT2D eigenvalue weighted by Crippen LogP contribution is -2.30. The van der Waals surface area contributed by atoms with Crippen LogP contribution in [-0.4, -0.2) is 34.5 Å². The zero-order valence-electron chi connectivity index (χ0n) is 11.5. The van der Waals surface area contributed by atoms with E-state index >= 15 is 0 Å². The second kappa shape index (κ2) is 5.38. The molecule has 1 unspecified atom stereocenters. The van der Waals surface area contributed by atoms with Gasteiger partial charge >= 0.3 is 5.69 Å². The lowest BCUT2D eigenvalue weighted by Gasteiger charge is -2.24. The normalized spacial score (nSPS) is 18.7. The third kappa shape index (κ3) is 2.45. The summed E-state index contributed by atoms with van der Waals surface area (Å²) in [6.45, 7) is 4.57. The number of nitrogens with zero attached hydrogens (tertiary/aromatic N) is 4. The van der Waals surface area contributed by atoms with Crippen molar-refractivity contribution in [3.63, 3.8) is 0 Å². The second-order valence-electron chi connectivity index (χ2n) is 4.71. The SMILES string of the molecule is CCC1CCCN1c1nc(NC)nc(C)c1[N+](=O)[O-]. The number of nitro groups is 1. The maximum atomic E-state index is 11.3. The number of aryl methyl sites for hydroxylation is 1. The quantitative estimate of drug-likeness (QED) is 0.663. The second-order valence-corrected chi connectivity index (χ2v) is 4.71. The highest BCUT2D eigenvalue weighted by molar-refractivity contribution is 5.63. The van der Waals surface area contributed by atoms with Gasteiger partial charge in [0, 0.05) is 19.6 Å². The minimum atomic E-state index is -0.380. The summed E-state index contributed by atoms with van der Waals surface area (Å²) in [6.07, 6.45) is 3.08. The highest BCUT2D eigenvalue weighted by atomic mass is 16.6. The molecule has 1 N–H and O–H groups in total. The Bertz CT molecular complexity index is 491. The van der Waals surface area contributed by atoms with Crippen LogP contribution in [0.5, 0.6) is 0 Å². The van der Waals surface area contributed by atoms with Crippen LogP contribution < -0.4 is 10.2 Å². The molecule has 1 fully saturated rings. The Hall–Kier alpha value is -1.92. The Morgan fingerprint density at radius 1 is 1.53 bits per heavy atom. The summed E-state index contributed by atoms with van der Waals surface area (Å²) in [5, 5.41) is 14.1. The fourth-order valence-electron chi connectivity index (χ4n) is 2.62. The van der Waals surface area contributed by atoms with Gasteiger partial charge < -0.3 is 10.2 Å².